The molecule has 4 nitrogen and oxygen atoms in total. The summed E-state index contributed by atoms with van der Waals surface area (Å²) in [4.78, 5) is 20.8. The van der Waals surface area contributed by atoms with Crippen molar-refractivity contribution in [3.05, 3.63) is 35.2 Å². The van der Waals surface area contributed by atoms with E-state index in [-0.39, 0.29) is 5.97 Å². The maximum Gasteiger partial charge on any atom is 0.340 e. The van der Waals surface area contributed by atoms with Crippen LogP contribution in [-0.4, -0.2) is 22.5 Å². The van der Waals surface area contributed by atoms with E-state index < -0.39 is 0 Å². The summed E-state index contributed by atoms with van der Waals surface area (Å²) in [5.74, 6) is 0.140. The molecule has 1 fully saturated rings. The number of aromatic nitrogens is 2. The number of ether oxygens (including phenoxy) is 1. The topological polar surface area (TPSA) is 52.1 Å². The highest BCUT2D eigenvalue weighted by Gasteiger charge is 2.31. The molecule has 1 aliphatic carbocycles. The van der Waals surface area contributed by atoms with Gasteiger partial charge in [0, 0.05) is 12.4 Å². The highest BCUT2D eigenvalue weighted by Crippen LogP contribution is 2.44. The van der Waals surface area contributed by atoms with Gasteiger partial charge in [-0.15, -0.1) is 0 Å². The van der Waals surface area contributed by atoms with Crippen molar-refractivity contribution in [2.45, 2.75) is 32.6 Å². The predicted molar refractivity (Wildman–Crippen MR) is 72.2 cm³/mol. The van der Waals surface area contributed by atoms with Crippen LogP contribution < -0.4 is 0 Å². The number of hydrogen-bond donors (Lipinski definition) is 0. The second-order valence-electron chi connectivity index (χ2n) is 4.96. The van der Waals surface area contributed by atoms with Gasteiger partial charge in [0.25, 0.3) is 0 Å². The first-order valence-electron chi connectivity index (χ1n) is 6.63. The van der Waals surface area contributed by atoms with Crippen molar-refractivity contribution >= 4 is 17.0 Å². The maximum absolute atomic E-state index is 12.0. The minimum Gasteiger partial charge on any atom is -0.462 e. The van der Waals surface area contributed by atoms with E-state index in [9.17, 15) is 4.79 Å². The van der Waals surface area contributed by atoms with E-state index in [0.717, 1.165) is 35.0 Å². The molecule has 0 aliphatic heterocycles. The zero-order valence-electron chi connectivity index (χ0n) is 11.1. The standard InChI is InChI=1S/C15H16N2O2/c1-3-19-15(18)11-8-16-12-6-9(2)7-17-14(12)13(11)10-4-5-10/h6-8,10H,3-5H2,1-2H3. The predicted octanol–water partition coefficient (Wildman–Crippen LogP) is 2.99. The number of esters is 1. The van der Waals surface area contributed by atoms with Gasteiger partial charge < -0.3 is 4.74 Å². The summed E-state index contributed by atoms with van der Waals surface area (Å²) in [6, 6.07) is 2.00. The first-order valence-corrected chi connectivity index (χ1v) is 6.63. The zero-order valence-corrected chi connectivity index (χ0v) is 11.1. The summed E-state index contributed by atoms with van der Waals surface area (Å²) in [6.07, 6.45) is 5.68. The Labute approximate surface area is 111 Å². The van der Waals surface area contributed by atoms with E-state index in [1.165, 1.54) is 0 Å². The zero-order chi connectivity index (χ0) is 13.4. The fraction of sp³-hybridized carbons (Fsp3) is 0.400. The fourth-order valence-electron chi connectivity index (χ4n) is 2.35. The number of rotatable bonds is 3. The van der Waals surface area contributed by atoms with Gasteiger partial charge in [0.05, 0.1) is 23.2 Å². The van der Waals surface area contributed by atoms with Crippen LogP contribution in [-0.2, 0) is 4.74 Å². The SMILES string of the molecule is CCOC(=O)c1cnc2cc(C)cnc2c1C1CC1. The van der Waals surface area contributed by atoms with Crippen LogP contribution >= 0.6 is 0 Å². The number of carbonyl (C=O) groups excluding carboxylic acids is 1. The molecule has 0 aromatic carbocycles. The summed E-state index contributed by atoms with van der Waals surface area (Å²) in [5.41, 5.74) is 4.37. The molecule has 0 atom stereocenters. The normalized spacial score (nSPS) is 14.6. The first-order chi connectivity index (χ1) is 9.20. The minimum absolute atomic E-state index is 0.291. The van der Waals surface area contributed by atoms with Gasteiger partial charge in [-0.25, -0.2) is 4.79 Å². The van der Waals surface area contributed by atoms with Gasteiger partial charge in [-0.2, -0.15) is 0 Å². The van der Waals surface area contributed by atoms with Crippen molar-refractivity contribution in [1.29, 1.82) is 0 Å². The quantitative estimate of drug-likeness (QED) is 0.792. The molecule has 0 amide bonds. The highest BCUT2D eigenvalue weighted by molar-refractivity contribution is 5.96. The van der Waals surface area contributed by atoms with Crippen molar-refractivity contribution in [3.63, 3.8) is 0 Å². The van der Waals surface area contributed by atoms with Crippen LogP contribution in [0.2, 0.25) is 0 Å². The fourth-order valence-corrected chi connectivity index (χ4v) is 2.35. The molecular weight excluding hydrogens is 240 g/mol. The van der Waals surface area contributed by atoms with Gasteiger partial charge >= 0.3 is 5.97 Å². The summed E-state index contributed by atoms with van der Waals surface area (Å²) in [5, 5.41) is 0. The van der Waals surface area contributed by atoms with Gasteiger partial charge in [0.1, 0.15) is 0 Å². The molecule has 1 saturated carbocycles. The van der Waals surface area contributed by atoms with E-state index in [4.69, 9.17) is 4.74 Å². The molecule has 4 heteroatoms. The lowest BCUT2D eigenvalue weighted by molar-refractivity contribution is 0.0525. The average molecular weight is 256 g/mol. The second kappa shape index (κ2) is 4.61. The van der Waals surface area contributed by atoms with Gasteiger partial charge in [-0.05, 0) is 49.8 Å². The third kappa shape index (κ3) is 2.18. The largest absolute Gasteiger partial charge is 0.462 e. The van der Waals surface area contributed by atoms with Crippen LogP contribution in [0.5, 0.6) is 0 Å². The molecular formula is C15H16N2O2. The van der Waals surface area contributed by atoms with Crippen molar-refractivity contribution in [3.8, 4) is 0 Å². The average Bonchev–Trinajstić information content (AvgIpc) is 3.21. The van der Waals surface area contributed by atoms with Crippen molar-refractivity contribution in [2.75, 3.05) is 6.61 Å². The Kier molecular flexibility index (Phi) is 2.93. The molecule has 19 heavy (non-hydrogen) atoms. The smallest absolute Gasteiger partial charge is 0.340 e. The van der Waals surface area contributed by atoms with Gasteiger partial charge in [0.2, 0.25) is 0 Å². The molecule has 2 aromatic heterocycles. The van der Waals surface area contributed by atoms with Crippen LogP contribution in [0, 0.1) is 6.92 Å². The number of pyridine rings is 2. The summed E-state index contributed by atoms with van der Waals surface area (Å²) in [6.45, 7) is 4.18. The molecule has 98 valence electrons. The van der Waals surface area contributed by atoms with Crippen LogP contribution in [0.15, 0.2) is 18.5 Å². The van der Waals surface area contributed by atoms with Gasteiger partial charge in [0.15, 0.2) is 0 Å². The Bertz CT molecular complexity index is 648. The van der Waals surface area contributed by atoms with E-state index >= 15 is 0 Å². The summed E-state index contributed by atoms with van der Waals surface area (Å²) < 4.78 is 5.11. The molecule has 0 bridgehead atoms. The molecule has 2 heterocycles. The lowest BCUT2D eigenvalue weighted by atomic mass is 10.0. The lowest BCUT2D eigenvalue weighted by Gasteiger charge is -2.10. The van der Waals surface area contributed by atoms with E-state index in [1.54, 1.807) is 6.20 Å². The molecule has 3 rings (SSSR count). The third-order valence-electron chi connectivity index (χ3n) is 3.36. The molecule has 0 saturated heterocycles. The first kappa shape index (κ1) is 12.1. The molecule has 0 radical (unpaired) electrons. The monoisotopic (exact) mass is 256 g/mol. The van der Waals surface area contributed by atoms with Crippen LogP contribution in [0.25, 0.3) is 11.0 Å². The second-order valence-corrected chi connectivity index (χ2v) is 4.96. The lowest BCUT2D eigenvalue weighted by Crippen LogP contribution is -2.09. The van der Waals surface area contributed by atoms with E-state index in [0.29, 0.717) is 18.1 Å². The van der Waals surface area contributed by atoms with Crippen LogP contribution in [0.3, 0.4) is 0 Å². The Morgan fingerprint density at radius 2 is 2.16 bits per heavy atom. The Morgan fingerprint density at radius 1 is 1.37 bits per heavy atom. The molecule has 0 unspecified atom stereocenters. The minimum atomic E-state index is -0.291. The number of aryl methyl sites for hydroxylation is 1. The Balaban J connectivity index is 2.20. The van der Waals surface area contributed by atoms with E-state index in [2.05, 4.69) is 9.97 Å². The van der Waals surface area contributed by atoms with Crippen molar-refractivity contribution in [2.24, 2.45) is 0 Å². The van der Waals surface area contributed by atoms with Gasteiger partial charge in [-0.3, -0.25) is 9.97 Å². The number of nitrogens with zero attached hydrogens (tertiary/aromatic N) is 2. The maximum atomic E-state index is 12.0. The molecule has 2 aromatic rings. The Hall–Kier alpha value is -1.97. The molecule has 1 aliphatic rings. The highest BCUT2D eigenvalue weighted by atomic mass is 16.5. The molecule has 0 N–H and O–H groups in total. The van der Waals surface area contributed by atoms with Crippen LogP contribution in [0.4, 0.5) is 0 Å². The number of hydrogen-bond acceptors (Lipinski definition) is 4. The third-order valence-corrected chi connectivity index (χ3v) is 3.36. The number of fused-ring (bicyclic) bond motifs is 1. The van der Waals surface area contributed by atoms with Gasteiger partial charge in [-0.1, -0.05) is 0 Å². The Morgan fingerprint density at radius 3 is 2.84 bits per heavy atom. The molecule has 0 spiro atoms. The summed E-state index contributed by atoms with van der Waals surface area (Å²) >= 11 is 0. The number of carbonyl (C=O) groups is 1. The summed E-state index contributed by atoms with van der Waals surface area (Å²) in [7, 11) is 0. The van der Waals surface area contributed by atoms with Crippen molar-refractivity contribution < 1.29 is 9.53 Å². The van der Waals surface area contributed by atoms with Crippen LogP contribution in [0.1, 0.15) is 47.2 Å². The van der Waals surface area contributed by atoms with Crippen molar-refractivity contribution in [1.82, 2.24) is 9.97 Å². The van der Waals surface area contributed by atoms with E-state index in [1.807, 2.05) is 26.1 Å².